The lowest BCUT2D eigenvalue weighted by molar-refractivity contribution is -0.169. The van der Waals surface area contributed by atoms with Gasteiger partial charge in [-0.15, -0.1) is 0 Å². The van der Waals surface area contributed by atoms with Crippen molar-refractivity contribution in [3.63, 3.8) is 0 Å². The number of esters is 1. The molecule has 0 aromatic rings. The van der Waals surface area contributed by atoms with Crippen LogP contribution in [0.4, 0.5) is 0 Å². The van der Waals surface area contributed by atoms with Gasteiger partial charge in [0.25, 0.3) is 0 Å². The molecule has 10 atom stereocenters. The number of hydrogen-bond donors (Lipinski definition) is 0. The molecule has 0 spiro atoms. The molecule has 0 bridgehead atoms. The van der Waals surface area contributed by atoms with Gasteiger partial charge in [-0.1, -0.05) is 80.2 Å². The van der Waals surface area contributed by atoms with E-state index in [1.54, 1.807) is 19.6 Å². The van der Waals surface area contributed by atoms with Gasteiger partial charge in [0.05, 0.1) is 12.2 Å². The Hall–Kier alpha value is -0.693. The molecule has 0 unspecified atom stereocenters. The normalized spacial score (nSPS) is 38.6. The molecule has 5 nitrogen and oxygen atoms in total. The van der Waals surface area contributed by atoms with Crippen molar-refractivity contribution in [1.82, 2.24) is 0 Å². The smallest absolute Gasteiger partial charge is 0.303 e. The maximum Gasteiger partial charge on any atom is 0.303 e. The number of carbonyl (C=O) groups excluding carboxylic acids is 1. The van der Waals surface area contributed by atoms with Crippen LogP contribution in [0.3, 0.4) is 0 Å². The standard InChI is InChI=1S/C37H66O5Si/c1-24(2)14-13-15-25(3)29-16-17-30-28-21-32(41-26(4)38)31-20-27(40-23-39-10)18-19-36(31,8)34(28)33(22-37(29,30)9)42-43(11,12)35(5,6)7/h21,24-25,27,29-34H,13-20,22-23H2,1-12H3/t25-,27+,29-,30+,31-,32+,33-,34-,36+,37-/m1/s1. The van der Waals surface area contributed by atoms with E-state index in [1.807, 2.05) is 0 Å². The Kier molecular flexibility index (Phi) is 10.8. The number of methoxy groups -OCH3 is 1. The van der Waals surface area contributed by atoms with Crippen LogP contribution in [0.1, 0.15) is 120 Å². The Morgan fingerprint density at radius 3 is 2.37 bits per heavy atom. The van der Waals surface area contributed by atoms with Gasteiger partial charge in [-0.3, -0.25) is 4.79 Å². The van der Waals surface area contributed by atoms with E-state index in [2.05, 4.69) is 74.6 Å². The zero-order valence-electron chi connectivity index (χ0n) is 29.9. The fourth-order valence-electron chi connectivity index (χ4n) is 9.91. The highest BCUT2D eigenvalue weighted by molar-refractivity contribution is 6.74. The Morgan fingerprint density at radius 1 is 1.07 bits per heavy atom. The molecule has 0 aromatic heterocycles. The number of ether oxygens (including phenoxy) is 3. The third kappa shape index (κ3) is 7.03. The van der Waals surface area contributed by atoms with E-state index in [1.165, 1.54) is 32.1 Å². The second-order valence-electron chi connectivity index (χ2n) is 17.5. The third-order valence-electron chi connectivity index (χ3n) is 13.1. The van der Waals surface area contributed by atoms with Crippen molar-refractivity contribution in [2.45, 2.75) is 157 Å². The summed E-state index contributed by atoms with van der Waals surface area (Å²) >= 11 is 0. The molecule has 6 heteroatoms. The highest BCUT2D eigenvalue weighted by atomic mass is 28.4. The molecule has 3 fully saturated rings. The molecule has 4 rings (SSSR count). The van der Waals surface area contributed by atoms with E-state index >= 15 is 0 Å². The van der Waals surface area contributed by atoms with Gasteiger partial charge in [-0.25, -0.2) is 0 Å². The number of hydrogen-bond acceptors (Lipinski definition) is 5. The first kappa shape index (κ1) is 35.2. The Labute approximate surface area is 265 Å². The molecular formula is C37H66O5Si. The van der Waals surface area contributed by atoms with Crippen molar-refractivity contribution in [2.24, 2.45) is 46.3 Å². The van der Waals surface area contributed by atoms with Crippen LogP contribution in [-0.2, 0) is 23.4 Å². The molecule has 0 aliphatic heterocycles. The lowest BCUT2D eigenvalue weighted by Gasteiger charge is -2.62. The second kappa shape index (κ2) is 13.2. The van der Waals surface area contributed by atoms with E-state index in [0.717, 1.165) is 31.6 Å². The SMILES string of the molecule is COCO[C@H]1CC[C@@]2(C)[C@H](C1)[C@@H](OC(C)=O)C=C1[C@@H]2[C@H](O[Si](C)(C)C(C)(C)C)C[C@]2(C)[C@@H]([C@H](C)CCCC(C)C)CC[C@@H]12. The predicted molar refractivity (Wildman–Crippen MR) is 178 cm³/mol. The molecule has 3 saturated carbocycles. The maximum atomic E-state index is 12.5. The van der Waals surface area contributed by atoms with Crippen LogP contribution in [0.5, 0.6) is 0 Å². The van der Waals surface area contributed by atoms with Gasteiger partial charge in [0.15, 0.2) is 8.32 Å². The lowest BCUT2D eigenvalue weighted by Crippen LogP contribution is -2.61. The first-order valence-corrected chi connectivity index (χ1v) is 20.5. The van der Waals surface area contributed by atoms with Crippen molar-refractivity contribution < 1.29 is 23.4 Å². The Morgan fingerprint density at radius 2 is 1.77 bits per heavy atom. The van der Waals surface area contributed by atoms with Gasteiger partial charge in [0, 0.05) is 25.9 Å². The van der Waals surface area contributed by atoms with Gasteiger partial charge < -0.3 is 18.6 Å². The van der Waals surface area contributed by atoms with Gasteiger partial charge in [0.2, 0.25) is 0 Å². The van der Waals surface area contributed by atoms with Crippen molar-refractivity contribution in [2.75, 3.05) is 13.9 Å². The van der Waals surface area contributed by atoms with E-state index in [-0.39, 0.29) is 46.1 Å². The fourth-order valence-corrected chi connectivity index (χ4v) is 11.2. The van der Waals surface area contributed by atoms with Crippen LogP contribution in [0.25, 0.3) is 0 Å². The summed E-state index contributed by atoms with van der Waals surface area (Å²) in [5.41, 5.74) is 1.76. The van der Waals surface area contributed by atoms with Crippen LogP contribution >= 0.6 is 0 Å². The minimum atomic E-state index is -2.05. The first-order valence-electron chi connectivity index (χ1n) is 17.6. The first-order chi connectivity index (χ1) is 19.9. The van der Waals surface area contributed by atoms with Crippen LogP contribution in [0, 0.1) is 46.3 Å². The molecule has 0 saturated heterocycles. The number of rotatable bonds is 11. The zero-order valence-corrected chi connectivity index (χ0v) is 30.9. The molecule has 0 aromatic carbocycles. The third-order valence-corrected chi connectivity index (χ3v) is 17.6. The van der Waals surface area contributed by atoms with E-state index < -0.39 is 8.32 Å². The van der Waals surface area contributed by atoms with Gasteiger partial charge >= 0.3 is 5.97 Å². The summed E-state index contributed by atoms with van der Waals surface area (Å²) < 4.78 is 25.2. The second-order valence-corrected chi connectivity index (χ2v) is 22.2. The number of fused-ring (bicyclic) bond motifs is 5. The minimum absolute atomic E-state index is 0.00748. The highest BCUT2D eigenvalue weighted by Gasteiger charge is 2.64. The summed E-state index contributed by atoms with van der Waals surface area (Å²) in [5.74, 6) is 3.10. The summed E-state index contributed by atoms with van der Waals surface area (Å²) in [6, 6.07) is 0. The summed E-state index contributed by atoms with van der Waals surface area (Å²) in [6.07, 6.45) is 13.2. The average molecular weight is 619 g/mol. The van der Waals surface area contributed by atoms with Crippen molar-refractivity contribution >= 4 is 14.3 Å². The predicted octanol–water partition coefficient (Wildman–Crippen LogP) is 9.56. The zero-order chi connectivity index (χ0) is 32.0. The summed E-state index contributed by atoms with van der Waals surface area (Å²) in [5, 5.41) is 0.148. The van der Waals surface area contributed by atoms with Crippen LogP contribution in [-0.4, -0.2) is 46.5 Å². The molecule has 43 heavy (non-hydrogen) atoms. The molecule has 4 aliphatic carbocycles. The minimum Gasteiger partial charge on any atom is -0.458 e. The van der Waals surface area contributed by atoms with E-state index in [9.17, 15) is 4.79 Å². The van der Waals surface area contributed by atoms with Gasteiger partial charge in [0.1, 0.15) is 12.9 Å². The summed E-state index contributed by atoms with van der Waals surface area (Å²) in [7, 11) is -0.359. The fraction of sp³-hybridized carbons (Fsp3) is 0.919. The largest absolute Gasteiger partial charge is 0.458 e. The quantitative estimate of drug-likeness (QED) is 0.0999. The maximum absolute atomic E-state index is 12.5. The summed E-state index contributed by atoms with van der Waals surface area (Å²) in [6.45, 7) is 26.2. The van der Waals surface area contributed by atoms with Crippen LogP contribution in [0.2, 0.25) is 18.1 Å². The van der Waals surface area contributed by atoms with Crippen molar-refractivity contribution in [3.8, 4) is 0 Å². The van der Waals surface area contributed by atoms with Crippen LogP contribution < -0.4 is 0 Å². The molecular weight excluding hydrogens is 552 g/mol. The average Bonchev–Trinajstić information content (AvgIpc) is 3.23. The molecule has 4 aliphatic rings. The monoisotopic (exact) mass is 618 g/mol. The highest BCUT2D eigenvalue weighted by Crippen LogP contribution is 2.68. The molecule has 0 heterocycles. The molecule has 0 amide bonds. The van der Waals surface area contributed by atoms with Crippen molar-refractivity contribution in [1.29, 1.82) is 0 Å². The van der Waals surface area contributed by atoms with Crippen LogP contribution in [0.15, 0.2) is 11.6 Å². The van der Waals surface area contributed by atoms with Gasteiger partial charge in [-0.05, 0) is 97.2 Å². The van der Waals surface area contributed by atoms with E-state index in [0.29, 0.717) is 30.5 Å². The Balaban J connectivity index is 1.77. The molecule has 0 N–H and O–H groups in total. The van der Waals surface area contributed by atoms with Gasteiger partial charge in [-0.2, -0.15) is 0 Å². The lowest BCUT2D eigenvalue weighted by atomic mass is 9.46. The molecule has 248 valence electrons. The molecule has 0 radical (unpaired) electrons. The number of carbonyl (C=O) groups is 1. The van der Waals surface area contributed by atoms with Crippen molar-refractivity contribution in [3.05, 3.63) is 11.6 Å². The van der Waals surface area contributed by atoms with E-state index in [4.69, 9.17) is 18.6 Å². The summed E-state index contributed by atoms with van der Waals surface area (Å²) in [4.78, 5) is 12.5. The Bertz CT molecular complexity index is 999. The topological polar surface area (TPSA) is 54.0 Å².